The Balaban J connectivity index is 2.13. The highest BCUT2D eigenvalue weighted by Gasteiger charge is 2.12. The van der Waals surface area contributed by atoms with Gasteiger partial charge in [-0.25, -0.2) is 4.68 Å². The van der Waals surface area contributed by atoms with E-state index in [1.165, 1.54) is 4.68 Å². The molecule has 1 heterocycles. The molecule has 0 aliphatic heterocycles. The highest BCUT2D eigenvalue weighted by molar-refractivity contribution is 6.43. The van der Waals surface area contributed by atoms with E-state index in [9.17, 15) is 4.79 Å². The van der Waals surface area contributed by atoms with Gasteiger partial charge in [0.2, 0.25) is 0 Å². The number of rotatable bonds is 5. The van der Waals surface area contributed by atoms with Gasteiger partial charge in [0.15, 0.2) is 0 Å². The van der Waals surface area contributed by atoms with E-state index < -0.39 is 12.0 Å². The van der Waals surface area contributed by atoms with Crippen molar-refractivity contribution in [1.29, 1.82) is 0 Å². The smallest absolute Gasteiger partial charge is 0.320 e. The van der Waals surface area contributed by atoms with E-state index in [0.717, 1.165) is 0 Å². The number of aromatic nitrogens is 3. The van der Waals surface area contributed by atoms with Crippen LogP contribution in [0.1, 0.15) is 12.6 Å². The molecule has 0 aliphatic rings. The van der Waals surface area contributed by atoms with Gasteiger partial charge < -0.3 is 5.11 Å². The summed E-state index contributed by atoms with van der Waals surface area (Å²) >= 11 is 12.0. The molecule has 1 aromatic heterocycles. The van der Waals surface area contributed by atoms with Crippen LogP contribution >= 0.6 is 23.2 Å². The molecule has 1 unspecified atom stereocenters. The molecule has 20 heavy (non-hydrogen) atoms. The first-order chi connectivity index (χ1) is 9.49. The van der Waals surface area contributed by atoms with E-state index in [4.69, 9.17) is 28.3 Å². The van der Waals surface area contributed by atoms with E-state index in [0.29, 0.717) is 28.0 Å². The lowest BCUT2D eigenvalue weighted by atomic mass is 10.3. The molecule has 1 atom stereocenters. The van der Waals surface area contributed by atoms with Crippen molar-refractivity contribution in [2.24, 2.45) is 0 Å². The summed E-state index contributed by atoms with van der Waals surface area (Å²) in [6.07, 6.45) is 1.67. The van der Waals surface area contributed by atoms with Crippen LogP contribution in [0.4, 0.5) is 0 Å². The van der Waals surface area contributed by atoms with Crippen LogP contribution in [0.3, 0.4) is 0 Å². The number of benzene rings is 1. The topological polar surface area (TPSA) is 80.0 Å². The van der Waals surface area contributed by atoms with Gasteiger partial charge in [0.05, 0.1) is 27.6 Å². The largest absolute Gasteiger partial charge is 0.480 e. The van der Waals surface area contributed by atoms with Crippen LogP contribution in [0.2, 0.25) is 10.0 Å². The minimum atomic E-state index is -0.921. The Morgan fingerprint density at radius 2 is 2.25 bits per heavy atom. The molecule has 8 heteroatoms. The van der Waals surface area contributed by atoms with Crippen LogP contribution in [-0.2, 0) is 11.3 Å². The zero-order chi connectivity index (χ0) is 14.7. The van der Waals surface area contributed by atoms with Crippen molar-refractivity contribution in [1.82, 2.24) is 20.3 Å². The summed E-state index contributed by atoms with van der Waals surface area (Å²) in [6, 6.07) is 4.55. The lowest BCUT2D eigenvalue weighted by Gasteiger charge is -2.06. The van der Waals surface area contributed by atoms with E-state index in [2.05, 4.69) is 15.6 Å². The second kappa shape index (κ2) is 6.21. The van der Waals surface area contributed by atoms with Crippen LogP contribution in [0.25, 0.3) is 5.69 Å². The van der Waals surface area contributed by atoms with Gasteiger partial charge in [-0.1, -0.05) is 34.5 Å². The third-order valence-electron chi connectivity index (χ3n) is 2.68. The lowest BCUT2D eigenvalue weighted by molar-refractivity contribution is -0.139. The fourth-order valence-electron chi connectivity index (χ4n) is 1.51. The third kappa shape index (κ3) is 3.27. The molecule has 0 fully saturated rings. The predicted molar refractivity (Wildman–Crippen MR) is 75.3 cm³/mol. The average Bonchev–Trinajstić information content (AvgIpc) is 2.87. The summed E-state index contributed by atoms with van der Waals surface area (Å²) in [5.74, 6) is -0.921. The molecule has 0 radical (unpaired) electrons. The molecule has 2 aromatic rings. The minimum Gasteiger partial charge on any atom is -0.480 e. The van der Waals surface area contributed by atoms with Gasteiger partial charge in [-0.05, 0) is 19.1 Å². The van der Waals surface area contributed by atoms with E-state index in [1.54, 1.807) is 31.3 Å². The molecule has 2 rings (SSSR count). The number of nitrogens with one attached hydrogen (secondary N) is 1. The SMILES string of the molecule is CC(NCc1cn(-c2cccc(Cl)c2Cl)nn1)C(=O)O. The fourth-order valence-corrected chi connectivity index (χ4v) is 1.89. The second-order valence-corrected chi connectivity index (χ2v) is 4.95. The highest BCUT2D eigenvalue weighted by Crippen LogP contribution is 2.27. The van der Waals surface area contributed by atoms with E-state index in [-0.39, 0.29) is 0 Å². The van der Waals surface area contributed by atoms with Crippen LogP contribution < -0.4 is 5.32 Å². The second-order valence-electron chi connectivity index (χ2n) is 4.17. The summed E-state index contributed by atoms with van der Waals surface area (Å²) < 4.78 is 1.50. The van der Waals surface area contributed by atoms with Crippen LogP contribution in [0, 0.1) is 0 Å². The van der Waals surface area contributed by atoms with Gasteiger partial charge in [0.25, 0.3) is 0 Å². The third-order valence-corrected chi connectivity index (χ3v) is 3.49. The number of carboxylic acid groups (broad SMARTS) is 1. The molecule has 0 bridgehead atoms. The first kappa shape index (κ1) is 14.8. The maximum Gasteiger partial charge on any atom is 0.320 e. The molecule has 0 spiro atoms. The Kier molecular flexibility index (Phi) is 4.59. The van der Waals surface area contributed by atoms with Crippen LogP contribution in [-0.4, -0.2) is 32.1 Å². The Morgan fingerprint density at radius 1 is 1.50 bits per heavy atom. The molecule has 0 saturated heterocycles. The molecule has 1 aromatic carbocycles. The van der Waals surface area contributed by atoms with Crippen molar-refractivity contribution in [2.75, 3.05) is 0 Å². The van der Waals surface area contributed by atoms with Gasteiger partial charge in [-0.15, -0.1) is 5.10 Å². The summed E-state index contributed by atoms with van der Waals surface area (Å²) in [5, 5.41) is 20.3. The Bertz CT molecular complexity index is 630. The molecule has 0 amide bonds. The predicted octanol–water partition coefficient (Wildman–Crippen LogP) is 2.14. The zero-order valence-electron chi connectivity index (χ0n) is 10.5. The van der Waals surface area contributed by atoms with Crippen LogP contribution in [0.15, 0.2) is 24.4 Å². The first-order valence-electron chi connectivity index (χ1n) is 5.81. The van der Waals surface area contributed by atoms with Crippen molar-refractivity contribution in [3.05, 3.63) is 40.1 Å². The van der Waals surface area contributed by atoms with Gasteiger partial charge in [0.1, 0.15) is 6.04 Å². The van der Waals surface area contributed by atoms with Gasteiger partial charge in [-0.2, -0.15) is 0 Å². The molecular weight excluding hydrogens is 303 g/mol. The van der Waals surface area contributed by atoms with Crippen molar-refractivity contribution >= 4 is 29.2 Å². The summed E-state index contributed by atoms with van der Waals surface area (Å²) in [4.78, 5) is 10.7. The molecule has 106 valence electrons. The number of carbonyl (C=O) groups is 1. The number of hydrogen-bond donors (Lipinski definition) is 2. The first-order valence-corrected chi connectivity index (χ1v) is 6.56. The zero-order valence-corrected chi connectivity index (χ0v) is 12.1. The van der Waals surface area contributed by atoms with E-state index in [1.807, 2.05) is 0 Å². The summed E-state index contributed by atoms with van der Waals surface area (Å²) in [6.45, 7) is 1.85. The number of aliphatic carboxylic acids is 1. The van der Waals surface area contributed by atoms with Crippen molar-refractivity contribution in [3.8, 4) is 5.69 Å². The van der Waals surface area contributed by atoms with Gasteiger partial charge in [-0.3, -0.25) is 10.1 Å². The molecule has 0 saturated carbocycles. The van der Waals surface area contributed by atoms with Crippen molar-refractivity contribution in [3.63, 3.8) is 0 Å². The number of halogens is 2. The van der Waals surface area contributed by atoms with Gasteiger partial charge >= 0.3 is 5.97 Å². The Labute approximate surface area is 125 Å². The highest BCUT2D eigenvalue weighted by atomic mass is 35.5. The number of nitrogens with zero attached hydrogens (tertiary/aromatic N) is 3. The van der Waals surface area contributed by atoms with Crippen molar-refractivity contribution in [2.45, 2.75) is 19.5 Å². The summed E-state index contributed by atoms with van der Waals surface area (Å²) in [7, 11) is 0. The number of carboxylic acids is 1. The van der Waals surface area contributed by atoms with E-state index >= 15 is 0 Å². The Morgan fingerprint density at radius 3 is 2.95 bits per heavy atom. The maximum absolute atomic E-state index is 10.7. The fraction of sp³-hybridized carbons (Fsp3) is 0.250. The van der Waals surface area contributed by atoms with Crippen LogP contribution in [0.5, 0.6) is 0 Å². The van der Waals surface area contributed by atoms with Gasteiger partial charge in [0, 0.05) is 6.54 Å². The lowest BCUT2D eigenvalue weighted by Crippen LogP contribution is -2.33. The normalized spacial score (nSPS) is 12.3. The Hall–Kier alpha value is -1.63. The van der Waals surface area contributed by atoms with Crippen molar-refractivity contribution < 1.29 is 9.90 Å². The maximum atomic E-state index is 10.7. The molecule has 6 nitrogen and oxygen atoms in total. The standard InChI is InChI=1S/C12H12Cl2N4O2/c1-7(12(19)20)15-5-8-6-18(17-16-8)10-4-2-3-9(13)11(10)14/h2-4,6-7,15H,5H2,1H3,(H,19,20). The minimum absolute atomic E-state index is 0.297. The average molecular weight is 315 g/mol. The monoisotopic (exact) mass is 314 g/mol. The summed E-state index contributed by atoms with van der Waals surface area (Å²) in [5.41, 5.74) is 1.22. The molecule has 0 aliphatic carbocycles. The molecular formula is C12H12Cl2N4O2. The molecule has 2 N–H and O–H groups in total. The number of hydrogen-bond acceptors (Lipinski definition) is 4. The quantitative estimate of drug-likeness (QED) is 0.883.